The van der Waals surface area contributed by atoms with Crippen molar-refractivity contribution < 1.29 is 14.0 Å². The first-order chi connectivity index (χ1) is 14.1. The summed E-state index contributed by atoms with van der Waals surface area (Å²) < 4.78 is 16.9. The van der Waals surface area contributed by atoms with Gasteiger partial charge in [0.25, 0.3) is 5.91 Å². The van der Waals surface area contributed by atoms with Crippen LogP contribution in [0.3, 0.4) is 0 Å². The van der Waals surface area contributed by atoms with Crippen LogP contribution in [0.4, 0.5) is 4.39 Å². The molecule has 0 bridgehead atoms. The van der Waals surface area contributed by atoms with Gasteiger partial charge in [-0.15, -0.1) is 5.10 Å². The van der Waals surface area contributed by atoms with Crippen LogP contribution in [0, 0.1) is 5.82 Å². The maximum atomic E-state index is 13.2. The number of carbonyl (C=O) groups excluding carboxylic acids is 2. The summed E-state index contributed by atoms with van der Waals surface area (Å²) in [6.07, 6.45) is 3.23. The predicted molar refractivity (Wildman–Crippen MR) is 104 cm³/mol. The van der Waals surface area contributed by atoms with Crippen molar-refractivity contribution in [2.24, 2.45) is 0 Å². The number of halogens is 1. The zero-order chi connectivity index (χ0) is 20.2. The van der Waals surface area contributed by atoms with Crippen molar-refractivity contribution in [3.8, 4) is 0 Å². The van der Waals surface area contributed by atoms with Gasteiger partial charge in [0.1, 0.15) is 5.82 Å². The van der Waals surface area contributed by atoms with Gasteiger partial charge in [-0.05, 0) is 54.2 Å². The highest BCUT2D eigenvalue weighted by molar-refractivity contribution is 7.03. The fraction of sp³-hybridized carbons (Fsp3) is 0.250. The zero-order valence-electron chi connectivity index (χ0n) is 15.4. The van der Waals surface area contributed by atoms with Crippen molar-refractivity contribution in [2.75, 3.05) is 0 Å². The molecule has 0 saturated heterocycles. The molecule has 1 aliphatic carbocycles. The molecule has 1 aliphatic rings. The van der Waals surface area contributed by atoms with Gasteiger partial charge >= 0.3 is 0 Å². The lowest BCUT2D eigenvalue weighted by atomic mass is 10.1. The number of nitrogens with one attached hydrogen (secondary N) is 1. The second-order valence-corrected chi connectivity index (χ2v) is 7.34. The van der Waals surface area contributed by atoms with Crippen molar-refractivity contribution in [3.05, 3.63) is 76.8 Å². The number of amides is 2. The molecule has 1 aromatic carbocycles. The van der Waals surface area contributed by atoms with E-state index in [0.29, 0.717) is 5.69 Å². The Kier molecular flexibility index (Phi) is 5.57. The lowest BCUT2D eigenvalue weighted by Crippen LogP contribution is -2.45. The third-order valence-electron chi connectivity index (χ3n) is 4.63. The number of pyridine rings is 1. The van der Waals surface area contributed by atoms with Crippen LogP contribution in [0.2, 0.25) is 0 Å². The summed E-state index contributed by atoms with van der Waals surface area (Å²) in [5.41, 5.74) is 1.45. The van der Waals surface area contributed by atoms with Gasteiger partial charge in [-0.1, -0.05) is 22.7 Å². The largest absolute Gasteiger partial charge is 0.350 e. The third kappa shape index (κ3) is 4.45. The van der Waals surface area contributed by atoms with Gasteiger partial charge in [-0.3, -0.25) is 14.6 Å². The maximum Gasteiger partial charge on any atom is 0.276 e. The number of nitrogens with zero attached hydrogens (tertiary/aromatic N) is 4. The standard InChI is InChI=1S/C20H18FN5O2S/c21-14-6-4-13(5-7-14)11-23-19(27)18(16-3-1-2-10-22-16)26(15-8-9-15)20(28)17-12-29-25-24-17/h1-7,10,12,15,18H,8-9,11H2,(H,23,27)/t18-/m0/s1. The SMILES string of the molecule is O=C(NCc1ccc(F)cc1)[C@H](c1ccccn1)N(C(=O)c1csnn1)C1CC1. The Morgan fingerprint density at radius 3 is 2.62 bits per heavy atom. The van der Waals surface area contributed by atoms with E-state index in [1.54, 1.807) is 46.8 Å². The minimum absolute atomic E-state index is 0.0484. The molecule has 4 rings (SSSR count). The van der Waals surface area contributed by atoms with E-state index in [1.807, 2.05) is 0 Å². The number of hydrogen-bond donors (Lipinski definition) is 1. The first-order valence-electron chi connectivity index (χ1n) is 9.16. The molecule has 29 heavy (non-hydrogen) atoms. The van der Waals surface area contributed by atoms with Gasteiger partial charge in [-0.25, -0.2) is 4.39 Å². The molecule has 1 atom stereocenters. The van der Waals surface area contributed by atoms with Crippen LogP contribution in [0.1, 0.15) is 40.6 Å². The van der Waals surface area contributed by atoms with E-state index in [0.717, 1.165) is 29.9 Å². The summed E-state index contributed by atoms with van der Waals surface area (Å²) in [5.74, 6) is -1.03. The van der Waals surface area contributed by atoms with E-state index < -0.39 is 6.04 Å². The van der Waals surface area contributed by atoms with Crippen molar-refractivity contribution in [1.82, 2.24) is 24.8 Å². The molecule has 9 heteroatoms. The van der Waals surface area contributed by atoms with Crippen LogP contribution in [0.25, 0.3) is 0 Å². The highest BCUT2D eigenvalue weighted by Gasteiger charge is 2.42. The molecular weight excluding hydrogens is 393 g/mol. The van der Waals surface area contributed by atoms with Gasteiger partial charge in [-0.2, -0.15) is 0 Å². The summed E-state index contributed by atoms with van der Waals surface area (Å²) in [7, 11) is 0. The average Bonchev–Trinajstić information content (AvgIpc) is 3.43. The topological polar surface area (TPSA) is 88.1 Å². The van der Waals surface area contributed by atoms with Crippen LogP contribution >= 0.6 is 11.5 Å². The number of benzene rings is 1. The van der Waals surface area contributed by atoms with E-state index in [4.69, 9.17) is 0 Å². The smallest absolute Gasteiger partial charge is 0.276 e. The molecule has 0 radical (unpaired) electrons. The first-order valence-corrected chi connectivity index (χ1v) is 10.00. The lowest BCUT2D eigenvalue weighted by Gasteiger charge is -2.30. The Morgan fingerprint density at radius 2 is 2.00 bits per heavy atom. The van der Waals surface area contributed by atoms with Crippen LogP contribution in [0.15, 0.2) is 54.0 Å². The minimum Gasteiger partial charge on any atom is -0.350 e. The molecule has 2 heterocycles. The van der Waals surface area contributed by atoms with Gasteiger partial charge in [0.05, 0.1) is 5.69 Å². The molecule has 1 saturated carbocycles. The van der Waals surface area contributed by atoms with Crippen molar-refractivity contribution >= 4 is 23.3 Å². The molecule has 2 amide bonds. The zero-order valence-corrected chi connectivity index (χ0v) is 16.2. The highest BCUT2D eigenvalue weighted by atomic mass is 32.1. The van der Waals surface area contributed by atoms with Gasteiger partial charge in [0.2, 0.25) is 5.91 Å². The van der Waals surface area contributed by atoms with Gasteiger partial charge < -0.3 is 10.2 Å². The van der Waals surface area contributed by atoms with E-state index >= 15 is 0 Å². The normalized spacial score (nSPS) is 14.2. The van der Waals surface area contributed by atoms with Crippen LogP contribution in [-0.2, 0) is 11.3 Å². The van der Waals surface area contributed by atoms with E-state index in [1.165, 1.54) is 12.1 Å². The van der Waals surface area contributed by atoms with E-state index in [9.17, 15) is 14.0 Å². The number of aromatic nitrogens is 3. The fourth-order valence-corrected chi connectivity index (χ4v) is 3.50. The predicted octanol–water partition coefficient (Wildman–Crippen LogP) is 2.73. The van der Waals surface area contributed by atoms with Crippen LogP contribution < -0.4 is 5.32 Å². The van der Waals surface area contributed by atoms with Crippen molar-refractivity contribution in [3.63, 3.8) is 0 Å². The second kappa shape index (κ2) is 8.44. The summed E-state index contributed by atoms with van der Waals surface area (Å²) in [5, 5.41) is 8.30. The van der Waals surface area contributed by atoms with E-state index in [2.05, 4.69) is 19.9 Å². The Hall–Kier alpha value is -3.20. The molecule has 0 unspecified atom stereocenters. The second-order valence-electron chi connectivity index (χ2n) is 6.74. The molecular formula is C20H18FN5O2S. The van der Waals surface area contributed by atoms with Crippen LogP contribution in [-0.4, -0.2) is 37.3 Å². The lowest BCUT2D eigenvalue weighted by molar-refractivity contribution is -0.126. The summed E-state index contributed by atoms with van der Waals surface area (Å²) in [6, 6.07) is 10.2. The summed E-state index contributed by atoms with van der Waals surface area (Å²) in [4.78, 5) is 32.2. The first kappa shape index (κ1) is 19.1. The monoisotopic (exact) mass is 411 g/mol. The molecule has 1 fully saturated rings. The molecule has 1 N–H and O–H groups in total. The van der Waals surface area contributed by atoms with Crippen molar-refractivity contribution in [2.45, 2.75) is 31.5 Å². The van der Waals surface area contributed by atoms with E-state index in [-0.39, 0.29) is 35.9 Å². The minimum atomic E-state index is -0.890. The molecule has 2 aromatic heterocycles. The maximum absolute atomic E-state index is 13.2. The Bertz CT molecular complexity index is 978. The molecule has 0 spiro atoms. The Balaban J connectivity index is 1.61. The molecule has 148 valence electrons. The van der Waals surface area contributed by atoms with Crippen LogP contribution in [0.5, 0.6) is 0 Å². The average molecular weight is 411 g/mol. The quantitative estimate of drug-likeness (QED) is 0.646. The van der Waals surface area contributed by atoms with Gasteiger partial charge in [0, 0.05) is 24.2 Å². The number of carbonyl (C=O) groups is 2. The highest BCUT2D eigenvalue weighted by Crippen LogP contribution is 2.35. The molecule has 3 aromatic rings. The Labute approximate surface area is 170 Å². The molecule has 7 nitrogen and oxygen atoms in total. The third-order valence-corrected chi connectivity index (χ3v) is 5.13. The summed E-state index contributed by atoms with van der Waals surface area (Å²) >= 11 is 1.09. The number of rotatable bonds is 7. The van der Waals surface area contributed by atoms with Gasteiger partial charge in [0.15, 0.2) is 11.7 Å². The Morgan fingerprint density at radius 1 is 1.21 bits per heavy atom. The molecule has 0 aliphatic heterocycles. The number of hydrogen-bond acceptors (Lipinski definition) is 6. The fourth-order valence-electron chi connectivity index (χ4n) is 3.07. The summed E-state index contributed by atoms with van der Waals surface area (Å²) in [6.45, 7) is 0.216. The van der Waals surface area contributed by atoms with Crippen molar-refractivity contribution in [1.29, 1.82) is 0 Å².